The molecule has 0 aliphatic carbocycles. The Bertz CT molecular complexity index is 686. The first-order valence-corrected chi connectivity index (χ1v) is 6.11. The van der Waals surface area contributed by atoms with Crippen molar-refractivity contribution in [1.29, 1.82) is 0 Å². The Morgan fingerprint density at radius 3 is 2.58 bits per heavy atom. The van der Waals surface area contributed by atoms with E-state index in [4.69, 9.17) is 0 Å². The summed E-state index contributed by atoms with van der Waals surface area (Å²) in [6.07, 6.45) is 0.266. The molecule has 2 nitrogen and oxygen atoms in total. The Morgan fingerprint density at radius 2 is 1.84 bits per heavy atom. The number of rotatable bonds is 1. The molecule has 0 amide bonds. The predicted octanol–water partition coefficient (Wildman–Crippen LogP) is 3.84. The topological polar surface area (TPSA) is 29.4 Å². The van der Waals surface area contributed by atoms with Crippen molar-refractivity contribution in [1.82, 2.24) is 0 Å². The van der Waals surface area contributed by atoms with Crippen molar-refractivity contribution in [2.45, 2.75) is 13.3 Å². The Hall–Kier alpha value is -2.29. The van der Waals surface area contributed by atoms with E-state index in [0.29, 0.717) is 17.0 Å². The molecule has 0 aromatic heterocycles. The molecule has 1 aliphatic rings. The number of fused-ring (bicyclic) bond motifs is 1. The quantitative estimate of drug-likeness (QED) is 0.759. The van der Waals surface area contributed by atoms with Crippen molar-refractivity contribution in [2.24, 2.45) is 4.99 Å². The van der Waals surface area contributed by atoms with E-state index in [1.54, 1.807) is 0 Å². The summed E-state index contributed by atoms with van der Waals surface area (Å²) in [7, 11) is 0. The summed E-state index contributed by atoms with van der Waals surface area (Å²) in [5, 5.41) is 0. The zero-order valence-corrected chi connectivity index (χ0v) is 10.5. The molecule has 0 atom stereocenters. The fraction of sp³-hybridized carbons (Fsp3) is 0.125. The highest BCUT2D eigenvalue weighted by Gasteiger charge is 2.21. The second kappa shape index (κ2) is 4.43. The molecule has 2 aromatic carbocycles. The van der Waals surface area contributed by atoms with E-state index >= 15 is 0 Å². The van der Waals surface area contributed by atoms with Crippen LogP contribution >= 0.6 is 0 Å². The van der Waals surface area contributed by atoms with E-state index < -0.39 is 0 Å². The van der Waals surface area contributed by atoms with E-state index in [9.17, 15) is 9.18 Å². The highest BCUT2D eigenvalue weighted by atomic mass is 19.1. The van der Waals surface area contributed by atoms with Crippen molar-refractivity contribution in [3.8, 4) is 0 Å². The standard InChI is InChI=1S/C16H12FNO/c1-10-2-4-11(5-3-10)14-9-16(19)13-7-6-12(17)8-15(13)18-14/h2-8H,9H2,1H3. The minimum atomic E-state index is -0.375. The number of Topliss-reactive ketones (excluding diaryl/α,β-unsaturated/α-hetero) is 1. The molecular formula is C16H12FNO. The van der Waals surface area contributed by atoms with Crippen LogP contribution in [0, 0.1) is 12.7 Å². The summed E-state index contributed by atoms with van der Waals surface area (Å²) < 4.78 is 13.2. The van der Waals surface area contributed by atoms with Crippen LogP contribution in [0.1, 0.15) is 27.9 Å². The van der Waals surface area contributed by atoms with Gasteiger partial charge in [0.25, 0.3) is 0 Å². The molecule has 0 unspecified atom stereocenters. The van der Waals surface area contributed by atoms with Crippen molar-refractivity contribution >= 4 is 17.2 Å². The van der Waals surface area contributed by atoms with Gasteiger partial charge in [-0.2, -0.15) is 0 Å². The van der Waals surface area contributed by atoms with Gasteiger partial charge in [0.05, 0.1) is 17.8 Å². The molecule has 0 radical (unpaired) electrons. The molecule has 0 spiro atoms. The molecule has 94 valence electrons. The predicted molar refractivity (Wildman–Crippen MR) is 72.7 cm³/mol. The van der Waals surface area contributed by atoms with Crippen LogP contribution < -0.4 is 0 Å². The van der Waals surface area contributed by atoms with Crippen molar-refractivity contribution < 1.29 is 9.18 Å². The minimum Gasteiger partial charge on any atom is -0.294 e. The largest absolute Gasteiger partial charge is 0.294 e. The van der Waals surface area contributed by atoms with Gasteiger partial charge in [0.2, 0.25) is 0 Å². The van der Waals surface area contributed by atoms with Gasteiger partial charge in [-0.25, -0.2) is 4.39 Å². The Balaban J connectivity index is 2.09. The first-order chi connectivity index (χ1) is 9.13. The van der Waals surface area contributed by atoms with Gasteiger partial charge in [-0.1, -0.05) is 29.8 Å². The molecule has 19 heavy (non-hydrogen) atoms. The van der Waals surface area contributed by atoms with E-state index in [2.05, 4.69) is 4.99 Å². The second-order valence-corrected chi connectivity index (χ2v) is 4.69. The number of ketones is 1. The van der Waals surface area contributed by atoms with E-state index in [0.717, 1.165) is 11.1 Å². The number of nitrogens with zero attached hydrogens (tertiary/aromatic N) is 1. The van der Waals surface area contributed by atoms with Crippen molar-refractivity contribution in [2.75, 3.05) is 0 Å². The molecule has 2 aromatic rings. The molecule has 0 fully saturated rings. The average molecular weight is 253 g/mol. The van der Waals surface area contributed by atoms with Crippen LogP contribution in [0.5, 0.6) is 0 Å². The van der Waals surface area contributed by atoms with E-state index in [1.807, 2.05) is 31.2 Å². The minimum absolute atomic E-state index is 0.0134. The lowest BCUT2D eigenvalue weighted by Crippen LogP contribution is -2.14. The van der Waals surface area contributed by atoms with Crippen LogP contribution in [-0.4, -0.2) is 11.5 Å². The van der Waals surface area contributed by atoms with Crippen molar-refractivity contribution in [3.63, 3.8) is 0 Å². The van der Waals surface area contributed by atoms with E-state index in [-0.39, 0.29) is 18.0 Å². The van der Waals surface area contributed by atoms with E-state index in [1.165, 1.54) is 18.2 Å². The van der Waals surface area contributed by atoms with Gasteiger partial charge >= 0.3 is 0 Å². The fourth-order valence-electron chi connectivity index (χ4n) is 2.18. The molecule has 1 heterocycles. The number of aryl methyl sites for hydroxylation is 1. The fourth-order valence-corrected chi connectivity index (χ4v) is 2.18. The maximum Gasteiger partial charge on any atom is 0.171 e. The van der Waals surface area contributed by atoms with Crippen LogP contribution in [0.2, 0.25) is 0 Å². The molecule has 1 aliphatic heterocycles. The number of halogens is 1. The van der Waals surface area contributed by atoms with Gasteiger partial charge in [-0.15, -0.1) is 0 Å². The average Bonchev–Trinajstić information content (AvgIpc) is 2.38. The van der Waals surface area contributed by atoms with Crippen LogP contribution in [-0.2, 0) is 0 Å². The number of carbonyl (C=O) groups is 1. The third-order valence-corrected chi connectivity index (χ3v) is 3.23. The molecule has 0 bridgehead atoms. The number of hydrogen-bond acceptors (Lipinski definition) is 2. The third kappa shape index (κ3) is 2.19. The van der Waals surface area contributed by atoms with Crippen LogP contribution in [0.3, 0.4) is 0 Å². The summed E-state index contributed by atoms with van der Waals surface area (Å²) in [6, 6.07) is 11.9. The molecule has 3 heteroatoms. The summed E-state index contributed by atoms with van der Waals surface area (Å²) in [4.78, 5) is 16.5. The van der Waals surface area contributed by atoms with Gasteiger partial charge in [0.15, 0.2) is 5.78 Å². The van der Waals surface area contributed by atoms with Crippen molar-refractivity contribution in [3.05, 3.63) is 65.0 Å². The maximum absolute atomic E-state index is 13.2. The molecule has 0 saturated carbocycles. The maximum atomic E-state index is 13.2. The summed E-state index contributed by atoms with van der Waals surface area (Å²) in [5.41, 5.74) is 3.68. The Labute approximate surface area is 110 Å². The number of carbonyl (C=O) groups excluding carboxylic acids is 1. The smallest absolute Gasteiger partial charge is 0.171 e. The SMILES string of the molecule is Cc1ccc(C2=Nc3cc(F)ccc3C(=O)C2)cc1. The van der Waals surface area contributed by atoms with Crippen LogP contribution in [0.15, 0.2) is 47.5 Å². The summed E-state index contributed by atoms with van der Waals surface area (Å²) >= 11 is 0. The first-order valence-electron chi connectivity index (χ1n) is 6.11. The van der Waals surface area contributed by atoms with Gasteiger partial charge in [0, 0.05) is 11.6 Å². The molecule has 0 N–H and O–H groups in total. The van der Waals surface area contributed by atoms with Gasteiger partial charge < -0.3 is 0 Å². The number of benzene rings is 2. The van der Waals surface area contributed by atoms with Gasteiger partial charge in [-0.05, 0) is 24.6 Å². The number of hydrogen-bond donors (Lipinski definition) is 0. The molecule has 0 saturated heterocycles. The highest BCUT2D eigenvalue weighted by Crippen LogP contribution is 2.28. The summed E-state index contributed by atoms with van der Waals surface area (Å²) in [5.74, 6) is -0.388. The lowest BCUT2D eigenvalue weighted by Gasteiger charge is -2.14. The van der Waals surface area contributed by atoms with Crippen LogP contribution in [0.4, 0.5) is 10.1 Å². The summed E-state index contributed by atoms with van der Waals surface area (Å²) in [6.45, 7) is 2.00. The highest BCUT2D eigenvalue weighted by molar-refractivity contribution is 6.20. The number of aliphatic imine (C=N–C) groups is 1. The Morgan fingerprint density at radius 1 is 1.11 bits per heavy atom. The lowest BCUT2D eigenvalue weighted by molar-refractivity contribution is 0.1000. The van der Waals surface area contributed by atoms with Gasteiger partial charge in [-0.3, -0.25) is 9.79 Å². The lowest BCUT2D eigenvalue weighted by atomic mass is 9.96. The van der Waals surface area contributed by atoms with Gasteiger partial charge in [0.1, 0.15) is 5.82 Å². The monoisotopic (exact) mass is 253 g/mol. The zero-order chi connectivity index (χ0) is 13.4. The van der Waals surface area contributed by atoms with Crippen LogP contribution in [0.25, 0.3) is 0 Å². The third-order valence-electron chi connectivity index (χ3n) is 3.23. The Kier molecular flexibility index (Phi) is 2.75. The first kappa shape index (κ1) is 11.8. The molecule has 3 rings (SSSR count). The normalized spacial score (nSPS) is 14.0. The zero-order valence-electron chi connectivity index (χ0n) is 10.5. The molecular weight excluding hydrogens is 241 g/mol. The second-order valence-electron chi connectivity index (χ2n) is 4.69.